The summed E-state index contributed by atoms with van der Waals surface area (Å²) in [6.45, 7) is 5.95. The van der Waals surface area contributed by atoms with Gasteiger partial charge in [0.1, 0.15) is 0 Å². The number of benzene rings is 1. The van der Waals surface area contributed by atoms with Crippen molar-refractivity contribution in [3.8, 4) is 0 Å². The van der Waals surface area contributed by atoms with Crippen molar-refractivity contribution in [3.63, 3.8) is 0 Å². The van der Waals surface area contributed by atoms with Gasteiger partial charge in [-0.25, -0.2) is 8.42 Å². The lowest BCUT2D eigenvalue weighted by Gasteiger charge is -2.24. The van der Waals surface area contributed by atoms with Crippen LogP contribution in [0.15, 0.2) is 29.2 Å². The fourth-order valence-corrected chi connectivity index (χ4v) is 4.49. The summed E-state index contributed by atoms with van der Waals surface area (Å²) in [6.07, 6.45) is 1.38. The first-order valence-electron chi connectivity index (χ1n) is 8.39. The molecule has 2 rings (SSSR count). The summed E-state index contributed by atoms with van der Waals surface area (Å²) in [4.78, 5) is 23.7. The van der Waals surface area contributed by atoms with E-state index in [4.69, 9.17) is 0 Å². The zero-order chi connectivity index (χ0) is 18.6. The molecular weight excluding hydrogens is 342 g/mol. The highest BCUT2D eigenvalue weighted by Gasteiger charge is 2.35. The van der Waals surface area contributed by atoms with E-state index in [1.54, 1.807) is 38.1 Å². The fourth-order valence-electron chi connectivity index (χ4n) is 2.79. The minimum atomic E-state index is -3.61. The molecule has 1 atom stereocenters. The maximum atomic E-state index is 12.8. The number of carbonyl (C=O) groups excluding carboxylic acids is 2. The van der Waals surface area contributed by atoms with Crippen LogP contribution in [0.4, 0.5) is 0 Å². The number of aryl methyl sites for hydroxylation is 1. The van der Waals surface area contributed by atoms with Crippen molar-refractivity contribution in [2.24, 2.45) is 0 Å². The van der Waals surface area contributed by atoms with Gasteiger partial charge in [-0.05, 0) is 45.7 Å². The van der Waals surface area contributed by atoms with Crippen molar-refractivity contribution in [3.05, 3.63) is 29.8 Å². The molecule has 25 heavy (non-hydrogen) atoms. The van der Waals surface area contributed by atoms with Gasteiger partial charge in [0.25, 0.3) is 0 Å². The highest BCUT2D eigenvalue weighted by atomic mass is 32.2. The first-order chi connectivity index (χ1) is 11.7. The van der Waals surface area contributed by atoms with E-state index < -0.39 is 21.8 Å². The second kappa shape index (κ2) is 7.97. The summed E-state index contributed by atoms with van der Waals surface area (Å²) in [7, 11) is -3.61. The standard InChI is InChI=1S/C17H25N3O4S/c1-12(2)19-17(22)16(21)18-11-14-5-4-10-20(14)25(23,24)15-8-6-13(3)7-9-15/h6-9,12,14H,4-5,10-11H2,1-3H3,(H,18,21)(H,19,22). The molecule has 0 aromatic heterocycles. The summed E-state index contributed by atoms with van der Waals surface area (Å²) in [5.74, 6) is -1.45. The van der Waals surface area contributed by atoms with Crippen molar-refractivity contribution in [2.75, 3.05) is 13.1 Å². The second-order valence-electron chi connectivity index (χ2n) is 6.56. The first-order valence-corrected chi connectivity index (χ1v) is 9.83. The lowest BCUT2D eigenvalue weighted by atomic mass is 10.2. The number of sulfonamides is 1. The van der Waals surface area contributed by atoms with E-state index in [-0.39, 0.29) is 23.5 Å². The minimum Gasteiger partial charge on any atom is -0.346 e. The molecule has 1 heterocycles. The smallest absolute Gasteiger partial charge is 0.309 e. The van der Waals surface area contributed by atoms with E-state index in [1.807, 2.05) is 6.92 Å². The van der Waals surface area contributed by atoms with Crippen LogP contribution in [0.2, 0.25) is 0 Å². The third-order valence-corrected chi connectivity index (χ3v) is 6.04. The van der Waals surface area contributed by atoms with Crippen molar-refractivity contribution < 1.29 is 18.0 Å². The van der Waals surface area contributed by atoms with Gasteiger partial charge in [0.05, 0.1) is 4.90 Å². The monoisotopic (exact) mass is 367 g/mol. The number of rotatable bonds is 5. The van der Waals surface area contributed by atoms with Gasteiger partial charge in [-0.2, -0.15) is 4.31 Å². The van der Waals surface area contributed by atoms with E-state index in [0.29, 0.717) is 13.0 Å². The van der Waals surface area contributed by atoms with Crippen LogP contribution in [-0.2, 0) is 19.6 Å². The van der Waals surface area contributed by atoms with E-state index in [0.717, 1.165) is 12.0 Å². The summed E-state index contributed by atoms with van der Waals surface area (Å²) in [5, 5.41) is 5.04. The minimum absolute atomic E-state index is 0.120. The quantitative estimate of drug-likeness (QED) is 0.752. The first kappa shape index (κ1) is 19.4. The average molecular weight is 367 g/mol. The third-order valence-electron chi connectivity index (χ3n) is 4.07. The molecule has 1 aromatic carbocycles. The van der Waals surface area contributed by atoms with Crippen LogP contribution in [0, 0.1) is 6.92 Å². The Balaban J connectivity index is 2.03. The zero-order valence-corrected chi connectivity index (χ0v) is 15.6. The number of hydrogen-bond acceptors (Lipinski definition) is 4. The van der Waals surface area contributed by atoms with E-state index >= 15 is 0 Å². The Labute approximate surface area is 148 Å². The number of carbonyl (C=O) groups is 2. The molecule has 0 bridgehead atoms. The second-order valence-corrected chi connectivity index (χ2v) is 8.45. The molecule has 8 heteroatoms. The maximum Gasteiger partial charge on any atom is 0.309 e. The van der Waals surface area contributed by atoms with Crippen molar-refractivity contribution in [2.45, 2.75) is 50.6 Å². The molecule has 1 aromatic rings. The number of amides is 2. The van der Waals surface area contributed by atoms with Crippen molar-refractivity contribution in [1.82, 2.24) is 14.9 Å². The molecule has 138 valence electrons. The SMILES string of the molecule is Cc1ccc(S(=O)(=O)N2CCCC2CNC(=O)C(=O)NC(C)C)cc1. The van der Waals surface area contributed by atoms with Gasteiger partial charge in [0.15, 0.2) is 0 Å². The summed E-state index contributed by atoms with van der Waals surface area (Å²) in [5.41, 5.74) is 0.986. The number of hydrogen-bond donors (Lipinski definition) is 2. The Morgan fingerprint density at radius 2 is 1.84 bits per heavy atom. The molecule has 0 radical (unpaired) electrons. The predicted molar refractivity (Wildman–Crippen MR) is 94.4 cm³/mol. The summed E-state index contributed by atoms with van der Waals surface area (Å²) >= 11 is 0. The highest BCUT2D eigenvalue weighted by Crippen LogP contribution is 2.25. The molecule has 1 fully saturated rings. The third kappa shape index (κ3) is 4.79. The molecule has 0 aliphatic carbocycles. The van der Waals surface area contributed by atoms with Crippen LogP contribution in [0.3, 0.4) is 0 Å². The van der Waals surface area contributed by atoms with E-state index in [9.17, 15) is 18.0 Å². The Bertz CT molecular complexity index is 729. The van der Waals surface area contributed by atoms with Crippen LogP contribution in [0.25, 0.3) is 0 Å². The van der Waals surface area contributed by atoms with Gasteiger partial charge in [0.2, 0.25) is 10.0 Å². The van der Waals surface area contributed by atoms with E-state index in [2.05, 4.69) is 10.6 Å². The molecule has 1 aliphatic heterocycles. The lowest BCUT2D eigenvalue weighted by Crippen LogP contribution is -2.48. The molecule has 7 nitrogen and oxygen atoms in total. The van der Waals surface area contributed by atoms with Gasteiger partial charge in [-0.3, -0.25) is 9.59 Å². The molecule has 0 spiro atoms. The largest absolute Gasteiger partial charge is 0.346 e. The lowest BCUT2D eigenvalue weighted by molar-refractivity contribution is -0.139. The van der Waals surface area contributed by atoms with Gasteiger partial charge in [0, 0.05) is 25.2 Å². The molecule has 0 saturated carbocycles. The zero-order valence-electron chi connectivity index (χ0n) is 14.8. The van der Waals surface area contributed by atoms with Crippen LogP contribution in [0.1, 0.15) is 32.3 Å². The van der Waals surface area contributed by atoms with Crippen LogP contribution in [-0.4, -0.2) is 49.7 Å². The van der Waals surface area contributed by atoms with E-state index in [1.165, 1.54) is 4.31 Å². The fraction of sp³-hybridized carbons (Fsp3) is 0.529. The normalized spacial score (nSPS) is 18.3. The Hall–Kier alpha value is -1.93. The summed E-state index contributed by atoms with van der Waals surface area (Å²) in [6, 6.07) is 6.22. The molecule has 1 saturated heterocycles. The van der Waals surface area contributed by atoms with Crippen molar-refractivity contribution >= 4 is 21.8 Å². The summed E-state index contributed by atoms with van der Waals surface area (Å²) < 4.78 is 27.0. The maximum absolute atomic E-state index is 12.8. The van der Waals surface area contributed by atoms with Gasteiger partial charge >= 0.3 is 11.8 Å². The van der Waals surface area contributed by atoms with Gasteiger partial charge < -0.3 is 10.6 Å². The highest BCUT2D eigenvalue weighted by molar-refractivity contribution is 7.89. The molecule has 1 unspecified atom stereocenters. The Morgan fingerprint density at radius 3 is 2.44 bits per heavy atom. The molecule has 2 amide bonds. The van der Waals surface area contributed by atoms with Crippen LogP contribution >= 0.6 is 0 Å². The molecule has 2 N–H and O–H groups in total. The Morgan fingerprint density at radius 1 is 1.20 bits per heavy atom. The number of nitrogens with zero attached hydrogens (tertiary/aromatic N) is 1. The Kier molecular flexibility index (Phi) is 6.18. The average Bonchev–Trinajstić information content (AvgIpc) is 3.01. The van der Waals surface area contributed by atoms with Gasteiger partial charge in [-0.15, -0.1) is 0 Å². The van der Waals surface area contributed by atoms with Crippen LogP contribution < -0.4 is 10.6 Å². The van der Waals surface area contributed by atoms with Crippen LogP contribution in [0.5, 0.6) is 0 Å². The topological polar surface area (TPSA) is 95.6 Å². The molecule has 1 aliphatic rings. The predicted octanol–water partition coefficient (Wildman–Crippen LogP) is 0.789. The molecular formula is C17H25N3O4S. The van der Waals surface area contributed by atoms with Gasteiger partial charge in [-0.1, -0.05) is 17.7 Å². The van der Waals surface area contributed by atoms with Crippen molar-refractivity contribution in [1.29, 1.82) is 0 Å². The number of nitrogens with one attached hydrogen (secondary N) is 2.